The summed E-state index contributed by atoms with van der Waals surface area (Å²) in [6.45, 7) is 3.16. The Morgan fingerprint density at radius 2 is 2.00 bits per heavy atom. The van der Waals surface area contributed by atoms with Crippen LogP contribution in [0.5, 0.6) is 11.5 Å². The van der Waals surface area contributed by atoms with Crippen LogP contribution in [0, 0.1) is 6.92 Å². The number of para-hydroxylation sites is 1. The molecule has 2 N–H and O–H groups in total. The summed E-state index contributed by atoms with van der Waals surface area (Å²) in [6.07, 6.45) is 0.666. The molecule has 1 heterocycles. The maximum absolute atomic E-state index is 6.36. The van der Waals surface area contributed by atoms with Crippen molar-refractivity contribution in [3.05, 3.63) is 58.1 Å². The van der Waals surface area contributed by atoms with Gasteiger partial charge < -0.3 is 15.2 Å². The number of benzene rings is 2. The number of fused-ring (bicyclic) bond motifs is 1. The Hall–Kier alpha value is -1.71. The third-order valence-corrected chi connectivity index (χ3v) is 4.00. The lowest BCUT2D eigenvalue weighted by Gasteiger charge is -2.23. The predicted octanol–water partition coefficient (Wildman–Crippen LogP) is 3.66. The van der Waals surface area contributed by atoms with E-state index in [0.29, 0.717) is 19.6 Å². The smallest absolute Gasteiger partial charge is 0.166 e. The first-order valence-electron chi connectivity index (χ1n) is 7.04. The van der Waals surface area contributed by atoms with E-state index in [1.807, 2.05) is 43.3 Å². The number of ether oxygens (including phenoxy) is 2. The van der Waals surface area contributed by atoms with E-state index in [0.717, 1.165) is 33.2 Å². The molecule has 21 heavy (non-hydrogen) atoms. The van der Waals surface area contributed by atoms with Gasteiger partial charge in [-0.3, -0.25) is 0 Å². The Bertz CT molecular complexity index is 657. The quantitative estimate of drug-likeness (QED) is 0.941. The van der Waals surface area contributed by atoms with Crippen LogP contribution in [0.15, 0.2) is 36.4 Å². The minimum Gasteiger partial charge on any atom is -0.486 e. The Morgan fingerprint density at radius 3 is 2.81 bits per heavy atom. The Morgan fingerprint density at radius 1 is 1.19 bits per heavy atom. The predicted molar refractivity (Wildman–Crippen MR) is 84.3 cm³/mol. The number of hydrogen-bond acceptors (Lipinski definition) is 3. The monoisotopic (exact) mass is 303 g/mol. The van der Waals surface area contributed by atoms with Crippen LogP contribution < -0.4 is 15.2 Å². The molecule has 2 aromatic carbocycles. The van der Waals surface area contributed by atoms with Crippen LogP contribution >= 0.6 is 11.6 Å². The van der Waals surface area contributed by atoms with Crippen molar-refractivity contribution in [1.29, 1.82) is 0 Å². The average molecular weight is 304 g/mol. The van der Waals surface area contributed by atoms with E-state index in [-0.39, 0.29) is 6.04 Å². The molecule has 0 aromatic heterocycles. The van der Waals surface area contributed by atoms with Gasteiger partial charge in [0.25, 0.3) is 0 Å². The van der Waals surface area contributed by atoms with Gasteiger partial charge in [0, 0.05) is 16.6 Å². The van der Waals surface area contributed by atoms with Gasteiger partial charge in [-0.15, -0.1) is 0 Å². The number of halogens is 1. The van der Waals surface area contributed by atoms with Gasteiger partial charge >= 0.3 is 0 Å². The molecule has 4 heteroatoms. The zero-order valence-corrected chi connectivity index (χ0v) is 12.7. The molecular formula is C17H18ClNO2. The number of aryl methyl sites for hydroxylation is 1. The van der Waals surface area contributed by atoms with E-state index >= 15 is 0 Å². The normalized spacial score (nSPS) is 14.8. The summed E-state index contributed by atoms with van der Waals surface area (Å²) in [4.78, 5) is 0. The summed E-state index contributed by atoms with van der Waals surface area (Å²) < 4.78 is 11.3. The SMILES string of the molecule is Cc1ccc(CC(N)c2cccc3c2OCCO3)c(Cl)c1. The van der Waals surface area contributed by atoms with Gasteiger partial charge in [0.1, 0.15) is 13.2 Å². The van der Waals surface area contributed by atoms with Gasteiger partial charge in [-0.05, 0) is 36.6 Å². The highest BCUT2D eigenvalue weighted by atomic mass is 35.5. The van der Waals surface area contributed by atoms with Crippen LogP contribution in [0.4, 0.5) is 0 Å². The lowest BCUT2D eigenvalue weighted by atomic mass is 9.97. The van der Waals surface area contributed by atoms with Crippen molar-refractivity contribution in [2.45, 2.75) is 19.4 Å². The van der Waals surface area contributed by atoms with E-state index in [4.69, 9.17) is 26.8 Å². The van der Waals surface area contributed by atoms with Gasteiger partial charge in [0.15, 0.2) is 11.5 Å². The van der Waals surface area contributed by atoms with Crippen molar-refractivity contribution in [3.63, 3.8) is 0 Å². The van der Waals surface area contributed by atoms with Crippen LogP contribution in [0.3, 0.4) is 0 Å². The van der Waals surface area contributed by atoms with Crippen LogP contribution in [0.1, 0.15) is 22.7 Å². The fourth-order valence-corrected chi connectivity index (χ4v) is 2.87. The summed E-state index contributed by atoms with van der Waals surface area (Å²) in [5.41, 5.74) is 9.52. The highest BCUT2D eigenvalue weighted by Crippen LogP contribution is 2.37. The lowest BCUT2D eigenvalue weighted by molar-refractivity contribution is 0.169. The fraction of sp³-hybridized carbons (Fsp3) is 0.294. The topological polar surface area (TPSA) is 44.5 Å². The van der Waals surface area contributed by atoms with E-state index in [2.05, 4.69) is 0 Å². The van der Waals surface area contributed by atoms with E-state index < -0.39 is 0 Å². The van der Waals surface area contributed by atoms with Gasteiger partial charge in [-0.25, -0.2) is 0 Å². The van der Waals surface area contributed by atoms with Crippen molar-refractivity contribution in [2.24, 2.45) is 5.73 Å². The molecule has 2 aromatic rings. The Kier molecular flexibility index (Phi) is 4.04. The summed E-state index contributed by atoms with van der Waals surface area (Å²) in [7, 11) is 0. The second-order valence-corrected chi connectivity index (χ2v) is 5.68. The van der Waals surface area contributed by atoms with Gasteiger partial charge in [0.05, 0.1) is 0 Å². The van der Waals surface area contributed by atoms with Crippen molar-refractivity contribution in [3.8, 4) is 11.5 Å². The molecule has 110 valence electrons. The molecule has 0 spiro atoms. The molecule has 0 saturated heterocycles. The zero-order chi connectivity index (χ0) is 14.8. The number of hydrogen-bond donors (Lipinski definition) is 1. The van der Waals surface area contributed by atoms with E-state index in [9.17, 15) is 0 Å². The third-order valence-electron chi connectivity index (χ3n) is 3.64. The maximum Gasteiger partial charge on any atom is 0.166 e. The second kappa shape index (κ2) is 5.96. The largest absolute Gasteiger partial charge is 0.486 e. The molecule has 0 fully saturated rings. The van der Waals surface area contributed by atoms with E-state index in [1.165, 1.54) is 0 Å². The van der Waals surface area contributed by atoms with Crippen LogP contribution in [-0.2, 0) is 6.42 Å². The molecule has 1 atom stereocenters. The van der Waals surface area contributed by atoms with Crippen molar-refractivity contribution < 1.29 is 9.47 Å². The van der Waals surface area contributed by atoms with Crippen LogP contribution in [0.2, 0.25) is 5.02 Å². The minimum absolute atomic E-state index is 0.179. The first-order valence-corrected chi connectivity index (χ1v) is 7.42. The van der Waals surface area contributed by atoms with Crippen molar-refractivity contribution in [2.75, 3.05) is 13.2 Å². The highest BCUT2D eigenvalue weighted by molar-refractivity contribution is 6.31. The minimum atomic E-state index is -0.179. The molecule has 0 radical (unpaired) electrons. The third kappa shape index (κ3) is 2.99. The summed E-state index contributed by atoms with van der Waals surface area (Å²) in [5.74, 6) is 1.53. The lowest BCUT2D eigenvalue weighted by Crippen LogP contribution is -2.20. The first kappa shape index (κ1) is 14.2. The molecule has 3 rings (SSSR count). The molecule has 1 aliphatic rings. The molecule has 1 aliphatic heterocycles. The van der Waals surface area contributed by atoms with Gasteiger partial charge in [0.2, 0.25) is 0 Å². The molecule has 0 bridgehead atoms. The molecule has 0 aliphatic carbocycles. The molecule has 0 amide bonds. The summed E-state index contributed by atoms with van der Waals surface area (Å²) in [6, 6.07) is 11.7. The molecular weight excluding hydrogens is 286 g/mol. The van der Waals surface area contributed by atoms with Gasteiger partial charge in [-0.2, -0.15) is 0 Å². The molecule has 3 nitrogen and oxygen atoms in total. The number of nitrogens with two attached hydrogens (primary N) is 1. The zero-order valence-electron chi connectivity index (χ0n) is 11.9. The summed E-state index contributed by atoms with van der Waals surface area (Å²) in [5, 5.41) is 0.757. The van der Waals surface area contributed by atoms with Crippen molar-refractivity contribution >= 4 is 11.6 Å². The van der Waals surface area contributed by atoms with Gasteiger partial charge in [-0.1, -0.05) is 35.9 Å². The average Bonchev–Trinajstić information content (AvgIpc) is 2.49. The summed E-state index contributed by atoms with van der Waals surface area (Å²) >= 11 is 6.29. The second-order valence-electron chi connectivity index (χ2n) is 5.28. The molecule has 1 unspecified atom stereocenters. The first-order chi connectivity index (χ1) is 10.1. The fourth-order valence-electron chi connectivity index (χ4n) is 2.55. The Labute approximate surface area is 129 Å². The molecule has 0 saturated carbocycles. The standard InChI is InChI=1S/C17H18ClNO2/c1-11-5-6-12(14(18)9-11)10-15(19)13-3-2-4-16-17(13)21-8-7-20-16/h2-6,9,15H,7-8,10,19H2,1H3. The van der Waals surface area contributed by atoms with Crippen molar-refractivity contribution in [1.82, 2.24) is 0 Å². The maximum atomic E-state index is 6.36. The van der Waals surface area contributed by atoms with E-state index in [1.54, 1.807) is 0 Å². The van der Waals surface area contributed by atoms with Crippen LogP contribution in [-0.4, -0.2) is 13.2 Å². The highest BCUT2D eigenvalue weighted by Gasteiger charge is 2.20. The van der Waals surface area contributed by atoms with Crippen LogP contribution in [0.25, 0.3) is 0 Å². The Balaban J connectivity index is 1.87. The number of rotatable bonds is 3.